The molecule has 3 N–H and O–H groups in total. The molecule has 4 aliphatic rings. The lowest BCUT2D eigenvalue weighted by Gasteiger charge is -2.16. The van der Waals surface area contributed by atoms with Crippen molar-refractivity contribution in [3.63, 3.8) is 0 Å². The van der Waals surface area contributed by atoms with E-state index in [9.17, 15) is 14.4 Å². The molecule has 4 rings (SSSR count). The van der Waals surface area contributed by atoms with Crippen molar-refractivity contribution in [3.8, 4) is 0 Å². The predicted molar refractivity (Wildman–Crippen MR) is 98.0 cm³/mol. The van der Waals surface area contributed by atoms with Crippen molar-refractivity contribution in [1.82, 2.24) is 10.6 Å². The van der Waals surface area contributed by atoms with E-state index in [1.165, 1.54) is 6.42 Å². The van der Waals surface area contributed by atoms with Gasteiger partial charge in [-0.05, 0) is 51.9 Å². The summed E-state index contributed by atoms with van der Waals surface area (Å²) in [5, 5.41) is 13.1. The van der Waals surface area contributed by atoms with Crippen LogP contribution >= 0.6 is 0 Å². The Bertz CT molecular complexity index is 571. The van der Waals surface area contributed by atoms with Gasteiger partial charge in [0.2, 0.25) is 17.7 Å². The Morgan fingerprint density at radius 2 is 1.54 bits per heavy atom. The number of carbonyl (C=O) groups is 3. The van der Waals surface area contributed by atoms with Gasteiger partial charge in [-0.3, -0.25) is 25.0 Å². The number of piperidine rings is 2. The zero-order valence-electron chi connectivity index (χ0n) is 15.8. The van der Waals surface area contributed by atoms with E-state index in [0.29, 0.717) is 18.3 Å². The summed E-state index contributed by atoms with van der Waals surface area (Å²) >= 11 is 0. The first-order valence-corrected chi connectivity index (χ1v) is 8.87. The highest BCUT2D eigenvalue weighted by Gasteiger charge is 2.59. The fourth-order valence-electron chi connectivity index (χ4n) is 3.29. The Kier molecular flexibility index (Phi) is 6.64. The van der Waals surface area contributed by atoms with Gasteiger partial charge in [0.15, 0.2) is 0 Å². The van der Waals surface area contributed by atoms with Crippen LogP contribution in [0.5, 0.6) is 0 Å². The van der Waals surface area contributed by atoms with Crippen molar-refractivity contribution in [2.45, 2.75) is 73.3 Å². The van der Waals surface area contributed by atoms with Crippen LogP contribution in [0.1, 0.15) is 67.7 Å². The summed E-state index contributed by atoms with van der Waals surface area (Å²) in [5.74, 6) is 1.15. The van der Waals surface area contributed by atoms with Gasteiger partial charge in [-0.2, -0.15) is 0 Å². The van der Waals surface area contributed by atoms with E-state index >= 15 is 0 Å². The van der Waals surface area contributed by atoms with Gasteiger partial charge in [0.05, 0.1) is 11.0 Å². The van der Waals surface area contributed by atoms with Gasteiger partial charge in [0, 0.05) is 18.4 Å². The van der Waals surface area contributed by atoms with Gasteiger partial charge in [-0.1, -0.05) is 21.3 Å². The number of fused-ring (bicyclic) bond motifs is 2. The highest BCUT2D eigenvalue weighted by molar-refractivity contribution is 6.03. The number of rotatable bonds is 0. The molecule has 7 heteroatoms. The number of hydrogen-bond donors (Lipinski definition) is 3. The second-order valence-electron chi connectivity index (χ2n) is 8.97. The average molecular weight is 370 g/mol. The minimum absolute atomic E-state index is 0. The average Bonchev–Trinajstić information content (AvgIpc) is 3.36. The van der Waals surface area contributed by atoms with E-state index in [-0.39, 0.29) is 36.0 Å². The van der Waals surface area contributed by atoms with Crippen molar-refractivity contribution in [3.05, 3.63) is 0 Å². The van der Waals surface area contributed by atoms with Crippen molar-refractivity contribution >= 4 is 17.7 Å². The molecule has 3 amide bonds. The molecular formula is C19H34N2O5. The number of amides is 3. The van der Waals surface area contributed by atoms with Crippen LogP contribution in [0.25, 0.3) is 0 Å². The molecule has 2 heterocycles. The quantitative estimate of drug-likeness (QED) is 0.345. The molecule has 2 saturated carbocycles. The van der Waals surface area contributed by atoms with Gasteiger partial charge >= 0.3 is 0 Å². The standard InChI is InChI=1S/C7H9NO2.C7H11NO.C4H10O2.CH4/c1-7-3-4(7)2-5(9)8-6(7)10;1-7-4-5(7)2-3-8-6(7)9;1-4(2,3)6-5;/h4H,2-3H2,1H3,(H,8,9,10);5H,2-4H2,1H3,(H,8,9);5H,1-3H3;1H4. The predicted octanol–water partition coefficient (Wildman–Crippen LogP) is 2.50. The zero-order valence-corrected chi connectivity index (χ0v) is 15.8. The highest BCUT2D eigenvalue weighted by Crippen LogP contribution is 2.56. The van der Waals surface area contributed by atoms with Crippen LogP contribution in [0.2, 0.25) is 0 Å². The minimum Gasteiger partial charge on any atom is -0.356 e. The molecule has 26 heavy (non-hydrogen) atoms. The lowest BCUT2D eigenvalue weighted by molar-refractivity contribution is -0.306. The van der Waals surface area contributed by atoms with Gasteiger partial charge in [-0.15, -0.1) is 0 Å². The van der Waals surface area contributed by atoms with E-state index in [4.69, 9.17) is 5.26 Å². The first-order chi connectivity index (χ1) is 11.4. The molecule has 2 aliphatic carbocycles. The van der Waals surface area contributed by atoms with Crippen LogP contribution in [0.3, 0.4) is 0 Å². The van der Waals surface area contributed by atoms with Crippen molar-refractivity contribution in [2.75, 3.05) is 6.54 Å². The third-order valence-corrected chi connectivity index (χ3v) is 5.60. The third-order valence-electron chi connectivity index (χ3n) is 5.60. The Balaban J connectivity index is 0.000000198. The van der Waals surface area contributed by atoms with Gasteiger partial charge in [0.1, 0.15) is 0 Å². The molecule has 150 valence electrons. The van der Waals surface area contributed by atoms with Crippen LogP contribution in [0.15, 0.2) is 0 Å². The molecule has 0 aromatic carbocycles. The van der Waals surface area contributed by atoms with Gasteiger partial charge in [0.25, 0.3) is 0 Å². The number of imide groups is 1. The van der Waals surface area contributed by atoms with Gasteiger partial charge < -0.3 is 5.32 Å². The lowest BCUT2D eigenvalue weighted by Crippen LogP contribution is -2.40. The SMILES string of the molecule is C.CC(C)(C)OO.CC12CC1CC(=O)NC2=O.CC12CC1CCNC2=O. The van der Waals surface area contributed by atoms with Crippen LogP contribution in [-0.2, 0) is 19.3 Å². The summed E-state index contributed by atoms with van der Waals surface area (Å²) < 4.78 is 0. The van der Waals surface area contributed by atoms with Crippen molar-refractivity contribution in [1.29, 1.82) is 0 Å². The maximum absolute atomic E-state index is 11.0. The second-order valence-corrected chi connectivity index (χ2v) is 8.97. The summed E-state index contributed by atoms with van der Waals surface area (Å²) in [4.78, 5) is 36.7. The minimum atomic E-state index is -0.403. The Hall–Kier alpha value is -1.47. The van der Waals surface area contributed by atoms with E-state index in [2.05, 4.69) is 22.4 Å². The van der Waals surface area contributed by atoms with Gasteiger partial charge in [-0.25, -0.2) is 4.89 Å². The topological polar surface area (TPSA) is 105 Å². The fourth-order valence-corrected chi connectivity index (χ4v) is 3.29. The molecule has 0 aromatic heterocycles. The van der Waals surface area contributed by atoms with Crippen LogP contribution in [-0.4, -0.2) is 35.1 Å². The molecule has 4 fully saturated rings. The summed E-state index contributed by atoms with van der Waals surface area (Å²) in [5.41, 5.74) is -0.536. The molecule has 0 bridgehead atoms. The van der Waals surface area contributed by atoms with Crippen molar-refractivity contribution in [2.24, 2.45) is 22.7 Å². The maximum atomic E-state index is 11.0. The van der Waals surface area contributed by atoms with E-state index < -0.39 is 5.60 Å². The molecule has 0 spiro atoms. The first kappa shape index (κ1) is 22.6. The first-order valence-electron chi connectivity index (χ1n) is 8.87. The maximum Gasteiger partial charge on any atom is 0.232 e. The molecule has 2 aliphatic heterocycles. The zero-order chi connectivity index (χ0) is 19.0. The van der Waals surface area contributed by atoms with Crippen LogP contribution < -0.4 is 10.6 Å². The fraction of sp³-hybridized carbons (Fsp3) is 0.842. The molecular weight excluding hydrogens is 336 g/mol. The van der Waals surface area contributed by atoms with Crippen molar-refractivity contribution < 1.29 is 24.5 Å². The molecule has 4 atom stereocenters. The smallest absolute Gasteiger partial charge is 0.232 e. The number of hydrogen-bond acceptors (Lipinski definition) is 5. The number of nitrogens with one attached hydrogen (secondary N) is 2. The van der Waals surface area contributed by atoms with Crippen LogP contribution in [0.4, 0.5) is 0 Å². The summed E-state index contributed by atoms with van der Waals surface area (Å²) in [6.07, 6.45) is 3.76. The second kappa shape index (κ2) is 7.64. The monoisotopic (exact) mass is 370 g/mol. The van der Waals surface area contributed by atoms with E-state index in [0.717, 1.165) is 19.4 Å². The highest BCUT2D eigenvalue weighted by atomic mass is 17.1. The lowest BCUT2D eigenvalue weighted by atomic mass is 10.0. The Labute approximate surface area is 156 Å². The largest absolute Gasteiger partial charge is 0.356 e. The van der Waals surface area contributed by atoms with E-state index in [1.807, 2.05) is 6.92 Å². The van der Waals surface area contributed by atoms with Crippen LogP contribution in [0, 0.1) is 22.7 Å². The Morgan fingerprint density at radius 3 is 1.96 bits per heavy atom. The summed E-state index contributed by atoms with van der Waals surface area (Å²) in [6, 6.07) is 0. The Morgan fingerprint density at radius 1 is 1.04 bits per heavy atom. The molecule has 4 unspecified atom stereocenters. The third kappa shape index (κ3) is 5.04. The molecule has 0 radical (unpaired) electrons. The molecule has 0 aromatic rings. The summed E-state index contributed by atoms with van der Waals surface area (Å²) in [7, 11) is 0. The molecule has 2 saturated heterocycles. The number of carbonyl (C=O) groups excluding carboxylic acids is 3. The van der Waals surface area contributed by atoms with E-state index in [1.54, 1.807) is 20.8 Å². The molecule has 7 nitrogen and oxygen atoms in total. The summed E-state index contributed by atoms with van der Waals surface area (Å²) in [6.45, 7) is 10.2. The normalized spacial score (nSPS) is 36.3.